The molecule has 0 aliphatic heterocycles. The van der Waals surface area contributed by atoms with Gasteiger partial charge in [-0.05, 0) is 26.3 Å². The average Bonchev–Trinajstić information content (AvgIpc) is 2.50. The molecule has 1 rings (SSSR count). The summed E-state index contributed by atoms with van der Waals surface area (Å²) >= 11 is 0. The van der Waals surface area contributed by atoms with Crippen LogP contribution < -0.4 is 10.6 Å². The summed E-state index contributed by atoms with van der Waals surface area (Å²) in [4.78, 5) is 11.1. The minimum Gasteiger partial charge on any atom is -0.359 e. The molecule has 0 aromatic heterocycles. The van der Waals surface area contributed by atoms with Gasteiger partial charge in [0.15, 0.2) is 0 Å². The predicted octanol–water partition coefficient (Wildman–Crippen LogP) is 0.120. The van der Waals surface area contributed by atoms with E-state index in [2.05, 4.69) is 10.6 Å². The summed E-state index contributed by atoms with van der Waals surface area (Å²) in [6.45, 7) is 0. The molecular formula is C8H16N2O. The summed E-state index contributed by atoms with van der Waals surface area (Å²) in [5, 5.41) is 5.88. The van der Waals surface area contributed by atoms with Crippen LogP contribution in [0.25, 0.3) is 0 Å². The number of hydrogen-bond acceptors (Lipinski definition) is 2. The Bertz CT molecular complexity index is 147. The van der Waals surface area contributed by atoms with Gasteiger partial charge in [-0.25, -0.2) is 0 Å². The summed E-state index contributed by atoms with van der Waals surface area (Å²) in [6, 6.07) is 0.553. The first kappa shape index (κ1) is 8.53. The molecule has 1 aliphatic carbocycles. The Balaban J connectivity index is 2.35. The molecule has 1 saturated carbocycles. The second-order valence-electron chi connectivity index (χ2n) is 3.11. The molecule has 0 spiro atoms. The van der Waals surface area contributed by atoms with E-state index in [-0.39, 0.29) is 11.8 Å². The third-order valence-electron chi connectivity index (χ3n) is 2.46. The molecule has 0 aromatic rings. The van der Waals surface area contributed by atoms with Gasteiger partial charge in [0.25, 0.3) is 0 Å². The van der Waals surface area contributed by atoms with Crippen LogP contribution in [0.1, 0.15) is 19.3 Å². The van der Waals surface area contributed by atoms with Crippen LogP contribution in [0.2, 0.25) is 0 Å². The fourth-order valence-corrected chi connectivity index (χ4v) is 1.69. The van der Waals surface area contributed by atoms with Gasteiger partial charge in [-0.3, -0.25) is 4.79 Å². The van der Waals surface area contributed by atoms with Gasteiger partial charge in [0, 0.05) is 19.0 Å². The van der Waals surface area contributed by atoms with Crippen LogP contribution in [-0.4, -0.2) is 26.0 Å². The third-order valence-corrected chi connectivity index (χ3v) is 2.46. The average molecular weight is 156 g/mol. The highest BCUT2D eigenvalue weighted by molar-refractivity contribution is 5.78. The van der Waals surface area contributed by atoms with Crippen molar-refractivity contribution in [2.75, 3.05) is 14.1 Å². The van der Waals surface area contributed by atoms with E-state index < -0.39 is 0 Å². The second kappa shape index (κ2) is 3.72. The maximum absolute atomic E-state index is 11.1. The first-order chi connectivity index (χ1) is 5.27. The molecule has 2 unspecified atom stereocenters. The number of carbonyl (C=O) groups is 1. The second-order valence-corrected chi connectivity index (χ2v) is 3.11. The van der Waals surface area contributed by atoms with Crippen LogP contribution in [0.3, 0.4) is 0 Å². The zero-order valence-electron chi connectivity index (χ0n) is 7.18. The van der Waals surface area contributed by atoms with Gasteiger partial charge >= 0.3 is 0 Å². The SMILES string of the molecule is CNC(=O)C1CCC(NC)C1. The number of amides is 1. The maximum atomic E-state index is 11.1. The standard InChI is InChI=1S/C8H16N2O/c1-9-7-4-3-6(5-7)8(11)10-2/h6-7,9H,3-5H2,1-2H3,(H,10,11). The fourth-order valence-electron chi connectivity index (χ4n) is 1.69. The van der Waals surface area contributed by atoms with Gasteiger partial charge < -0.3 is 10.6 Å². The lowest BCUT2D eigenvalue weighted by molar-refractivity contribution is -0.124. The lowest BCUT2D eigenvalue weighted by atomic mass is 10.1. The van der Waals surface area contributed by atoms with Crippen LogP contribution in [0, 0.1) is 5.92 Å². The Morgan fingerprint density at radius 2 is 2.09 bits per heavy atom. The van der Waals surface area contributed by atoms with Crippen molar-refractivity contribution in [3.05, 3.63) is 0 Å². The van der Waals surface area contributed by atoms with Gasteiger partial charge in [-0.1, -0.05) is 0 Å². The minimum atomic E-state index is 0.197. The summed E-state index contributed by atoms with van der Waals surface area (Å²) in [5.74, 6) is 0.445. The highest BCUT2D eigenvalue weighted by Gasteiger charge is 2.27. The summed E-state index contributed by atoms with van der Waals surface area (Å²) in [6.07, 6.45) is 3.16. The Morgan fingerprint density at radius 1 is 1.36 bits per heavy atom. The van der Waals surface area contributed by atoms with Gasteiger partial charge in [0.05, 0.1) is 0 Å². The molecular weight excluding hydrogens is 140 g/mol. The summed E-state index contributed by atoms with van der Waals surface area (Å²) in [7, 11) is 3.66. The molecule has 1 amide bonds. The Morgan fingerprint density at radius 3 is 2.55 bits per heavy atom. The van der Waals surface area contributed by atoms with Crippen molar-refractivity contribution in [1.82, 2.24) is 10.6 Å². The highest BCUT2D eigenvalue weighted by atomic mass is 16.1. The molecule has 0 radical (unpaired) electrons. The molecule has 3 heteroatoms. The van der Waals surface area contributed by atoms with E-state index in [1.807, 2.05) is 7.05 Å². The monoisotopic (exact) mass is 156 g/mol. The van der Waals surface area contributed by atoms with Gasteiger partial charge in [0.1, 0.15) is 0 Å². The topological polar surface area (TPSA) is 41.1 Å². The quantitative estimate of drug-likeness (QED) is 0.596. The third kappa shape index (κ3) is 1.93. The molecule has 2 N–H and O–H groups in total. The van der Waals surface area contributed by atoms with Crippen molar-refractivity contribution >= 4 is 5.91 Å². The zero-order valence-corrected chi connectivity index (χ0v) is 7.18. The Hall–Kier alpha value is -0.570. The van der Waals surface area contributed by atoms with E-state index in [1.165, 1.54) is 0 Å². The smallest absolute Gasteiger partial charge is 0.222 e. The Labute approximate surface area is 67.5 Å². The van der Waals surface area contributed by atoms with E-state index in [9.17, 15) is 4.79 Å². The molecule has 0 bridgehead atoms. The lowest BCUT2D eigenvalue weighted by Gasteiger charge is -2.08. The molecule has 2 atom stereocenters. The molecule has 1 fully saturated rings. The van der Waals surface area contributed by atoms with Crippen LogP contribution >= 0.6 is 0 Å². The number of carbonyl (C=O) groups excluding carboxylic acids is 1. The van der Waals surface area contributed by atoms with Gasteiger partial charge in [0.2, 0.25) is 5.91 Å². The highest BCUT2D eigenvalue weighted by Crippen LogP contribution is 2.24. The van der Waals surface area contributed by atoms with Crippen LogP contribution in [0.4, 0.5) is 0 Å². The van der Waals surface area contributed by atoms with Gasteiger partial charge in [-0.15, -0.1) is 0 Å². The minimum absolute atomic E-state index is 0.197. The molecule has 64 valence electrons. The van der Waals surface area contributed by atoms with Crippen molar-refractivity contribution in [2.24, 2.45) is 5.92 Å². The normalized spacial score (nSPS) is 30.4. The Kier molecular flexibility index (Phi) is 2.88. The number of nitrogens with one attached hydrogen (secondary N) is 2. The first-order valence-corrected chi connectivity index (χ1v) is 4.16. The predicted molar refractivity (Wildman–Crippen MR) is 44.3 cm³/mol. The van der Waals surface area contributed by atoms with Crippen molar-refractivity contribution in [2.45, 2.75) is 25.3 Å². The lowest BCUT2D eigenvalue weighted by Crippen LogP contribution is -2.28. The van der Waals surface area contributed by atoms with Crippen LogP contribution in [0.5, 0.6) is 0 Å². The van der Waals surface area contributed by atoms with Crippen LogP contribution in [0.15, 0.2) is 0 Å². The van der Waals surface area contributed by atoms with E-state index in [4.69, 9.17) is 0 Å². The fraction of sp³-hybridized carbons (Fsp3) is 0.875. The largest absolute Gasteiger partial charge is 0.359 e. The number of rotatable bonds is 2. The maximum Gasteiger partial charge on any atom is 0.222 e. The molecule has 0 saturated heterocycles. The summed E-state index contributed by atoms with van der Waals surface area (Å²) in [5.41, 5.74) is 0. The van der Waals surface area contributed by atoms with E-state index in [0.29, 0.717) is 6.04 Å². The zero-order chi connectivity index (χ0) is 8.27. The molecule has 11 heavy (non-hydrogen) atoms. The van der Waals surface area contributed by atoms with Gasteiger partial charge in [-0.2, -0.15) is 0 Å². The van der Waals surface area contributed by atoms with E-state index >= 15 is 0 Å². The first-order valence-electron chi connectivity index (χ1n) is 4.16. The van der Waals surface area contributed by atoms with Crippen molar-refractivity contribution in [1.29, 1.82) is 0 Å². The van der Waals surface area contributed by atoms with Crippen molar-refractivity contribution in [3.63, 3.8) is 0 Å². The van der Waals surface area contributed by atoms with E-state index in [0.717, 1.165) is 19.3 Å². The molecule has 3 nitrogen and oxygen atoms in total. The summed E-state index contributed by atoms with van der Waals surface area (Å²) < 4.78 is 0. The molecule has 1 aliphatic rings. The molecule has 0 heterocycles. The van der Waals surface area contributed by atoms with E-state index in [1.54, 1.807) is 7.05 Å². The van der Waals surface area contributed by atoms with Crippen LogP contribution in [-0.2, 0) is 4.79 Å². The van der Waals surface area contributed by atoms with Crippen molar-refractivity contribution < 1.29 is 4.79 Å². The van der Waals surface area contributed by atoms with Crippen molar-refractivity contribution in [3.8, 4) is 0 Å². The molecule has 0 aromatic carbocycles. The number of hydrogen-bond donors (Lipinski definition) is 2.